The average molecular weight is 358 g/mol. The summed E-state index contributed by atoms with van der Waals surface area (Å²) < 4.78 is 34.2. The third-order valence-corrected chi connectivity index (χ3v) is 4.85. The number of ether oxygens (including phenoxy) is 6. The van der Waals surface area contributed by atoms with Crippen LogP contribution in [0.2, 0.25) is 0 Å². The van der Waals surface area contributed by atoms with E-state index >= 15 is 0 Å². The van der Waals surface area contributed by atoms with E-state index in [4.69, 9.17) is 28.4 Å². The third-order valence-electron chi connectivity index (χ3n) is 4.85. The van der Waals surface area contributed by atoms with Gasteiger partial charge in [0, 0.05) is 19.8 Å². The summed E-state index contributed by atoms with van der Waals surface area (Å²) in [5.74, 6) is 0. The summed E-state index contributed by atoms with van der Waals surface area (Å²) in [7, 11) is 0. The molecule has 0 aliphatic carbocycles. The molecule has 0 radical (unpaired) electrons. The van der Waals surface area contributed by atoms with Crippen molar-refractivity contribution in [2.24, 2.45) is 0 Å². The first-order chi connectivity index (χ1) is 12.4. The molecule has 3 aliphatic heterocycles. The fourth-order valence-electron chi connectivity index (χ4n) is 3.25. The predicted molar refractivity (Wildman–Crippen MR) is 92.4 cm³/mol. The number of epoxide rings is 1. The summed E-state index contributed by atoms with van der Waals surface area (Å²) in [6, 6.07) is 0. The molecule has 25 heavy (non-hydrogen) atoms. The van der Waals surface area contributed by atoms with Crippen molar-refractivity contribution >= 4 is 0 Å². The Morgan fingerprint density at radius 3 is 2.32 bits per heavy atom. The molecule has 0 aromatic carbocycles. The lowest BCUT2D eigenvalue weighted by molar-refractivity contribution is -0.199. The molecule has 4 atom stereocenters. The Balaban J connectivity index is 1.28. The van der Waals surface area contributed by atoms with Crippen LogP contribution in [-0.4, -0.2) is 64.4 Å². The van der Waals surface area contributed by atoms with Gasteiger partial charge in [-0.15, -0.1) is 0 Å². The molecule has 4 unspecified atom stereocenters. The Hall–Kier alpha value is -0.240. The normalized spacial score (nSPS) is 31.0. The second-order valence-corrected chi connectivity index (χ2v) is 7.21. The summed E-state index contributed by atoms with van der Waals surface area (Å²) in [6.07, 6.45) is 10.1. The summed E-state index contributed by atoms with van der Waals surface area (Å²) in [4.78, 5) is 0. The summed E-state index contributed by atoms with van der Waals surface area (Å²) in [5, 5.41) is 0. The third kappa shape index (κ3) is 8.33. The Kier molecular flexibility index (Phi) is 8.95. The lowest BCUT2D eigenvalue weighted by Gasteiger charge is -2.28. The molecule has 0 amide bonds. The predicted octanol–water partition coefficient (Wildman–Crippen LogP) is 3.03. The van der Waals surface area contributed by atoms with Gasteiger partial charge in [0.2, 0.25) is 0 Å². The van der Waals surface area contributed by atoms with E-state index in [1.54, 1.807) is 0 Å². The topological polar surface area (TPSA) is 58.7 Å². The Bertz CT molecular complexity index is 337. The highest BCUT2D eigenvalue weighted by atomic mass is 16.7. The van der Waals surface area contributed by atoms with E-state index in [2.05, 4.69) is 0 Å². The number of rotatable bonds is 12. The smallest absolute Gasteiger partial charge is 0.158 e. The van der Waals surface area contributed by atoms with Crippen LogP contribution < -0.4 is 0 Å². The largest absolute Gasteiger partial charge is 0.376 e. The zero-order valence-electron chi connectivity index (χ0n) is 15.4. The molecule has 0 aromatic heterocycles. The molecule has 0 spiro atoms. The van der Waals surface area contributed by atoms with Crippen LogP contribution in [0.4, 0.5) is 0 Å². The minimum Gasteiger partial charge on any atom is -0.376 e. The molecule has 146 valence electrons. The average Bonchev–Trinajstić information content (AvgIpc) is 3.47. The number of unbranched alkanes of at least 4 members (excludes halogenated alkanes) is 1. The SMILES string of the molecule is C(CCC(COCC1CO1)OC1CCCCO1)COC1CCCCO1. The molecule has 0 bridgehead atoms. The molecular weight excluding hydrogens is 324 g/mol. The van der Waals surface area contributed by atoms with Crippen LogP contribution in [0.25, 0.3) is 0 Å². The number of hydrogen-bond donors (Lipinski definition) is 0. The molecule has 3 rings (SSSR count). The van der Waals surface area contributed by atoms with Crippen molar-refractivity contribution in [2.75, 3.05) is 39.6 Å². The standard InChI is InChI=1S/C19H34O6/c1(4-10-21-18-8-2-5-11-22-18)7-16(13-20-14-17-15-24-17)25-19-9-3-6-12-23-19/h16-19H,1-15H2. The van der Waals surface area contributed by atoms with Crippen molar-refractivity contribution in [3.05, 3.63) is 0 Å². The molecule has 3 aliphatic rings. The van der Waals surface area contributed by atoms with E-state index in [0.29, 0.717) is 19.3 Å². The molecule has 6 nitrogen and oxygen atoms in total. The van der Waals surface area contributed by atoms with Gasteiger partial charge >= 0.3 is 0 Å². The molecule has 0 N–H and O–H groups in total. The highest BCUT2D eigenvalue weighted by Gasteiger charge is 2.24. The van der Waals surface area contributed by atoms with Crippen LogP contribution in [-0.2, 0) is 28.4 Å². The summed E-state index contributed by atoms with van der Waals surface area (Å²) >= 11 is 0. The van der Waals surface area contributed by atoms with Crippen molar-refractivity contribution < 1.29 is 28.4 Å². The van der Waals surface area contributed by atoms with Crippen LogP contribution in [0.3, 0.4) is 0 Å². The molecule has 3 heterocycles. The summed E-state index contributed by atoms with van der Waals surface area (Å²) in [6.45, 7) is 4.53. The first-order valence-corrected chi connectivity index (χ1v) is 10.1. The van der Waals surface area contributed by atoms with Crippen LogP contribution in [0, 0.1) is 0 Å². The molecule has 0 aromatic rings. The van der Waals surface area contributed by atoms with Crippen LogP contribution in [0.5, 0.6) is 0 Å². The van der Waals surface area contributed by atoms with Gasteiger partial charge in [-0.1, -0.05) is 0 Å². The van der Waals surface area contributed by atoms with Crippen LogP contribution in [0.1, 0.15) is 57.8 Å². The highest BCUT2D eigenvalue weighted by Crippen LogP contribution is 2.19. The second kappa shape index (κ2) is 11.5. The maximum absolute atomic E-state index is 6.14. The lowest BCUT2D eigenvalue weighted by Crippen LogP contribution is -2.31. The zero-order valence-corrected chi connectivity index (χ0v) is 15.4. The lowest BCUT2D eigenvalue weighted by atomic mass is 10.1. The minimum absolute atomic E-state index is 0.0123. The molecular formula is C19H34O6. The van der Waals surface area contributed by atoms with Crippen molar-refractivity contribution in [3.63, 3.8) is 0 Å². The van der Waals surface area contributed by atoms with Crippen LogP contribution >= 0.6 is 0 Å². The van der Waals surface area contributed by atoms with Gasteiger partial charge in [-0.25, -0.2) is 0 Å². The molecule has 6 heteroatoms. The number of hydrogen-bond acceptors (Lipinski definition) is 6. The Morgan fingerprint density at radius 1 is 0.880 bits per heavy atom. The van der Waals surface area contributed by atoms with Gasteiger partial charge in [0.1, 0.15) is 6.10 Å². The second-order valence-electron chi connectivity index (χ2n) is 7.21. The quantitative estimate of drug-likeness (QED) is 0.395. The van der Waals surface area contributed by atoms with E-state index in [9.17, 15) is 0 Å². The van der Waals surface area contributed by atoms with Gasteiger partial charge in [-0.3, -0.25) is 0 Å². The monoisotopic (exact) mass is 358 g/mol. The first kappa shape index (κ1) is 19.5. The van der Waals surface area contributed by atoms with E-state index in [1.165, 1.54) is 12.8 Å². The van der Waals surface area contributed by atoms with Crippen molar-refractivity contribution in [1.82, 2.24) is 0 Å². The first-order valence-electron chi connectivity index (χ1n) is 10.1. The fourth-order valence-corrected chi connectivity index (χ4v) is 3.25. The van der Waals surface area contributed by atoms with Gasteiger partial charge < -0.3 is 28.4 Å². The van der Waals surface area contributed by atoms with Gasteiger partial charge in [-0.2, -0.15) is 0 Å². The maximum Gasteiger partial charge on any atom is 0.158 e. The zero-order chi connectivity index (χ0) is 17.2. The molecule has 0 saturated carbocycles. The van der Waals surface area contributed by atoms with Gasteiger partial charge in [0.05, 0.1) is 25.9 Å². The Labute approximate surface area is 151 Å². The van der Waals surface area contributed by atoms with Crippen LogP contribution in [0.15, 0.2) is 0 Å². The van der Waals surface area contributed by atoms with E-state index in [1.807, 2.05) is 0 Å². The van der Waals surface area contributed by atoms with Crippen molar-refractivity contribution in [2.45, 2.75) is 82.6 Å². The van der Waals surface area contributed by atoms with Gasteiger partial charge in [0.25, 0.3) is 0 Å². The van der Waals surface area contributed by atoms with Gasteiger partial charge in [0.15, 0.2) is 12.6 Å². The Morgan fingerprint density at radius 2 is 1.64 bits per heavy atom. The van der Waals surface area contributed by atoms with E-state index in [-0.39, 0.29) is 18.7 Å². The highest BCUT2D eigenvalue weighted by molar-refractivity contribution is 4.69. The van der Waals surface area contributed by atoms with Crippen molar-refractivity contribution in [1.29, 1.82) is 0 Å². The minimum atomic E-state index is -0.0635. The fraction of sp³-hybridized carbons (Fsp3) is 1.00. The van der Waals surface area contributed by atoms with Crippen molar-refractivity contribution in [3.8, 4) is 0 Å². The molecule has 3 fully saturated rings. The summed E-state index contributed by atoms with van der Waals surface area (Å²) in [5.41, 5.74) is 0. The van der Waals surface area contributed by atoms with Gasteiger partial charge in [-0.05, 0) is 57.8 Å². The van der Waals surface area contributed by atoms with E-state index < -0.39 is 0 Å². The van der Waals surface area contributed by atoms with E-state index in [0.717, 1.165) is 71.4 Å². The molecule has 3 saturated heterocycles. The maximum atomic E-state index is 6.14.